The SMILES string of the molecule is O=S=C(O)C(Cl)Cl. The van der Waals surface area contributed by atoms with Gasteiger partial charge in [-0.1, -0.05) is 23.2 Å². The van der Waals surface area contributed by atoms with Gasteiger partial charge in [0.1, 0.15) is 11.3 Å². The average Bonchev–Trinajstić information content (AvgIpc) is 1.65. The quantitative estimate of drug-likeness (QED) is 0.453. The van der Waals surface area contributed by atoms with Crippen molar-refractivity contribution in [3.8, 4) is 0 Å². The molecule has 0 aromatic heterocycles. The van der Waals surface area contributed by atoms with E-state index in [4.69, 9.17) is 28.3 Å². The minimum absolute atomic E-state index is 0.109. The van der Waals surface area contributed by atoms with Crippen molar-refractivity contribution < 1.29 is 9.32 Å². The number of aliphatic hydroxyl groups is 1. The van der Waals surface area contributed by atoms with E-state index in [1.165, 1.54) is 0 Å². The number of aliphatic hydroxyl groups excluding tert-OH is 1. The molecule has 0 aromatic carbocycles. The third-order valence-corrected chi connectivity index (χ3v) is 1.35. The van der Waals surface area contributed by atoms with Crippen LogP contribution in [0.3, 0.4) is 0 Å². The van der Waals surface area contributed by atoms with Gasteiger partial charge in [-0.3, -0.25) is 0 Å². The zero-order valence-electron chi connectivity index (χ0n) is 3.10. The van der Waals surface area contributed by atoms with Gasteiger partial charge in [-0.05, 0) is 0 Å². The Morgan fingerprint density at radius 2 is 2.14 bits per heavy atom. The lowest BCUT2D eigenvalue weighted by Gasteiger charge is -1.87. The van der Waals surface area contributed by atoms with E-state index in [9.17, 15) is 4.21 Å². The Labute approximate surface area is 54.1 Å². The van der Waals surface area contributed by atoms with Gasteiger partial charge in [-0.2, -0.15) is 0 Å². The number of rotatable bonds is 1. The van der Waals surface area contributed by atoms with Crippen molar-refractivity contribution in [3.05, 3.63) is 0 Å². The molecule has 0 atom stereocenters. The number of hydrogen-bond acceptors (Lipinski definition) is 1. The Morgan fingerprint density at radius 3 is 2.14 bits per heavy atom. The third kappa shape index (κ3) is 3.05. The standard InChI is InChI=1S/C2H2Cl2O2S/c3-1(4)2(5)7-6/h1,5H. The number of halogens is 2. The van der Waals surface area contributed by atoms with Crippen LogP contribution in [0.25, 0.3) is 0 Å². The van der Waals surface area contributed by atoms with E-state index in [0.717, 1.165) is 0 Å². The second kappa shape index (κ2) is 3.43. The molecular formula is C2H2Cl2O2S. The van der Waals surface area contributed by atoms with Crippen molar-refractivity contribution in [2.45, 2.75) is 4.84 Å². The molecule has 0 radical (unpaired) electrons. The van der Waals surface area contributed by atoms with Crippen molar-refractivity contribution in [1.29, 1.82) is 0 Å². The second-order valence-electron chi connectivity index (χ2n) is 0.722. The van der Waals surface area contributed by atoms with Crippen LogP contribution in [0.5, 0.6) is 0 Å². The van der Waals surface area contributed by atoms with E-state index in [0.29, 0.717) is 0 Å². The first kappa shape index (κ1) is 7.43. The monoisotopic (exact) mass is 160 g/mol. The molecule has 0 heterocycles. The van der Waals surface area contributed by atoms with E-state index < -0.39 is 9.89 Å². The van der Waals surface area contributed by atoms with Crippen LogP contribution in [0, 0.1) is 0 Å². The summed E-state index contributed by atoms with van der Waals surface area (Å²) < 4.78 is 9.53. The van der Waals surface area contributed by atoms with E-state index in [2.05, 4.69) is 0 Å². The molecule has 0 aliphatic carbocycles. The van der Waals surface area contributed by atoms with Crippen LogP contribution < -0.4 is 0 Å². The fourth-order valence-corrected chi connectivity index (χ4v) is 0.327. The molecule has 2 nitrogen and oxygen atoms in total. The summed E-state index contributed by atoms with van der Waals surface area (Å²) >= 11 is 9.86. The molecule has 0 saturated heterocycles. The summed E-state index contributed by atoms with van der Waals surface area (Å²) in [6.45, 7) is 0. The smallest absolute Gasteiger partial charge is 0.176 e. The third-order valence-electron chi connectivity index (χ3n) is 0.272. The molecule has 0 aromatic rings. The molecule has 0 aliphatic heterocycles. The van der Waals surface area contributed by atoms with Crippen molar-refractivity contribution in [2.24, 2.45) is 0 Å². The van der Waals surface area contributed by atoms with Crippen LogP contribution in [-0.4, -0.2) is 19.2 Å². The molecule has 0 saturated carbocycles. The minimum Gasteiger partial charge on any atom is -0.351 e. The first-order valence-electron chi connectivity index (χ1n) is 1.32. The molecule has 0 bridgehead atoms. The molecular weight excluding hydrogens is 159 g/mol. The van der Waals surface area contributed by atoms with Crippen molar-refractivity contribution in [1.82, 2.24) is 0 Å². The lowest BCUT2D eigenvalue weighted by Crippen LogP contribution is -2.04. The Morgan fingerprint density at radius 1 is 1.71 bits per heavy atom. The van der Waals surface area contributed by atoms with Gasteiger partial charge in [0.25, 0.3) is 0 Å². The lowest BCUT2D eigenvalue weighted by atomic mass is 10.9. The predicted molar refractivity (Wildman–Crippen MR) is 31.3 cm³/mol. The highest BCUT2D eigenvalue weighted by Gasteiger charge is 2.01. The first-order chi connectivity index (χ1) is 3.18. The zero-order chi connectivity index (χ0) is 5.86. The highest BCUT2D eigenvalue weighted by atomic mass is 35.5. The van der Waals surface area contributed by atoms with Gasteiger partial charge in [0, 0.05) is 0 Å². The summed E-state index contributed by atoms with van der Waals surface area (Å²) in [6.07, 6.45) is 0. The van der Waals surface area contributed by atoms with Crippen molar-refractivity contribution in [3.63, 3.8) is 0 Å². The number of hydrogen-bond donors (Lipinski definition) is 1. The van der Waals surface area contributed by atoms with Gasteiger partial charge in [0.05, 0.1) is 0 Å². The fourth-order valence-electron chi connectivity index (χ4n) is 0.0364. The molecule has 0 amide bonds. The Hall–Kier alpha value is 0.430. The fraction of sp³-hybridized carbons (Fsp3) is 0.500. The van der Waals surface area contributed by atoms with Gasteiger partial charge in [-0.25, -0.2) is 4.21 Å². The molecule has 5 heteroatoms. The Bertz CT molecular complexity index is 106. The van der Waals surface area contributed by atoms with Gasteiger partial charge in [0.2, 0.25) is 0 Å². The molecule has 0 fully saturated rings. The van der Waals surface area contributed by atoms with Gasteiger partial charge in [-0.15, -0.1) is 0 Å². The predicted octanol–water partition coefficient (Wildman–Crippen LogP) is 0.691. The summed E-state index contributed by atoms with van der Waals surface area (Å²) in [5.74, 6) is 0. The molecule has 7 heavy (non-hydrogen) atoms. The van der Waals surface area contributed by atoms with E-state index in [1.807, 2.05) is 0 Å². The first-order valence-corrected chi connectivity index (χ1v) is 2.93. The molecule has 1 N–H and O–H groups in total. The van der Waals surface area contributed by atoms with E-state index >= 15 is 0 Å². The normalized spacial score (nSPS) is 9.14. The zero-order valence-corrected chi connectivity index (χ0v) is 5.43. The van der Waals surface area contributed by atoms with Crippen molar-refractivity contribution in [2.75, 3.05) is 0 Å². The van der Waals surface area contributed by atoms with Crippen LogP contribution in [0.2, 0.25) is 0 Å². The molecule has 42 valence electrons. The Balaban J connectivity index is 3.81. The number of alkyl halides is 2. The van der Waals surface area contributed by atoms with Gasteiger partial charge >= 0.3 is 0 Å². The summed E-state index contributed by atoms with van der Waals surface area (Å²) in [4.78, 5) is -1.07. The molecule has 0 unspecified atom stereocenters. The maximum absolute atomic E-state index is 9.53. The Kier molecular flexibility index (Phi) is 3.65. The summed E-state index contributed by atoms with van der Waals surface area (Å²) in [6, 6.07) is 0. The summed E-state index contributed by atoms with van der Waals surface area (Å²) in [7, 11) is 0. The van der Waals surface area contributed by atoms with Gasteiger partial charge < -0.3 is 5.11 Å². The molecule has 0 spiro atoms. The summed E-state index contributed by atoms with van der Waals surface area (Å²) in [5.41, 5.74) is 0. The second-order valence-corrected chi connectivity index (χ2v) is 2.40. The maximum Gasteiger partial charge on any atom is 0.176 e. The van der Waals surface area contributed by atoms with Crippen LogP contribution in [-0.2, 0) is 11.3 Å². The van der Waals surface area contributed by atoms with Crippen LogP contribution in [0.4, 0.5) is 0 Å². The van der Waals surface area contributed by atoms with Crippen molar-refractivity contribution >= 4 is 39.5 Å². The van der Waals surface area contributed by atoms with E-state index in [-0.39, 0.29) is 11.3 Å². The van der Waals surface area contributed by atoms with Crippen LogP contribution in [0.1, 0.15) is 0 Å². The average molecular weight is 161 g/mol. The highest BCUT2D eigenvalue weighted by molar-refractivity contribution is 7.66. The van der Waals surface area contributed by atoms with Crippen LogP contribution in [0.15, 0.2) is 0 Å². The van der Waals surface area contributed by atoms with Gasteiger partial charge in [0.15, 0.2) is 9.89 Å². The van der Waals surface area contributed by atoms with E-state index in [1.54, 1.807) is 0 Å². The van der Waals surface area contributed by atoms with Crippen LogP contribution >= 0.6 is 23.2 Å². The largest absolute Gasteiger partial charge is 0.351 e. The topological polar surface area (TPSA) is 37.3 Å². The highest BCUT2D eigenvalue weighted by Crippen LogP contribution is 1.99. The maximum atomic E-state index is 9.53. The minimum atomic E-state index is -1.07. The molecule has 0 aliphatic rings. The summed E-state index contributed by atoms with van der Waals surface area (Å²) in [5, 5.41) is 7.73. The lowest BCUT2D eigenvalue weighted by molar-refractivity contribution is 0.559. The molecule has 0 rings (SSSR count).